The van der Waals surface area contributed by atoms with Crippen molar-refractivity contribution < 1.29 is 18.7 Å². The number of carbonyl (C=O) groups is 1. The van der Waals surface area contributed by atoms with Gasteiger partial charge in [0.1, 0.15) is 21.5 Å². The number of hydrogen-bond acceptors (Lipinski definition) is 3. The average molecular weight is 331 g/mol. The Hall–Kier alpha value is -2.60. The van der Waals surface area contributed by atoms with Crippen molar-refractivity contribution in [3.63, 3.8) is 0 Å². The van der Waals surface area contributed by atoms with Crippen LogP contribution < -0.4 is 0 Å². The molecular weight excluding hydrogens is 320 g/mol. The molecule has 0 atom stereocenters. The molecule has 0 aliphatic heterocycles. The van der Waals surface area contributed by atoms with Crippen LogP contribution >= 0.6 is 11.3 Å². The van der Waals surface area contributed by atoms with E-state index in [4.69, 9.17) is 0 Å². The molecule has 116 valence electrons. The van der Waals surface area contributed by atoms with Crippen LogP contribution in [0.15, 0.2) is 48.5 Å². The van der Waals surface area contributed by atoms with Gasteiger partial charge in [-0.2, -0.15) is 0 Å². The Morgan fingerprint density at radius 2 is 1.70 bits per heavy atom. The maximum atomic E-state index is 13.9. The minimum atomic E-state index is -1.16. The molecule has 0 bridgehead atoms. The Bertz CT molecular complexity index is 842. The number of benzene rings is 2. The van der Waals surface area contributed by atoms with Crippen LogP contribution in [0, 0.1) is 11.6 Å². The van der Waals surface area contributed by atoms with Gasteiger partial charge in [-0.3, -0.25) is 0 Å². The maximum Gasteiger partial charge on any atom is 0.347 e. The third-order valence-electron chi connectivity index (χ3n) is 3.28. The topological polar surface area (TPSA) is 50.2 Å². The molecule has 23 heavy (non-hydrogen) atoms. The zero-order valence-electron chi connectivity index (χ0n) is 11.8. The van der Waals surface area contributed by atoms with E-state index in [9.17, 15) is 18.7 Å². The van der Waals surface area contributed by atoms with Crippen molar-refractivity contribution in [3.05, 3.63) is 76.3 Å². The number of hydrogen-bond donors (Lipinski definition) is 1. The van der Waals surface area contributed by atoms with E-state index in [1.165, 1.54) is 6.07 Å². The van der Waals surface area contributed by atoms with Gasteiger partial charge < -0.3 is 5.11 Å². The van der Waals surface area contributed by atoms with Crippen LogP contribution in [0.25, 0.3) is 10.6 Å². The Kier molecular flexibility index (Phi) is 4.16. The Labute approximate surface area is 134 Å². The Morgan fingerprint density at radius 1 is 1.04 bits per heavy atom. The highest BCUT2D eigenvalue weighted by Crippen LogP contribution is 2.32. The zero-order valence-corrected chi connectivity index (χ0v) is 12.6. The molecule has 0 saturated carbocycles. The second kappa shape index (κ2) is 6.26. The average Bonchev–Trinajstić information content (AvgIpc) is 2.92. The quantitative estimate of drug-likeness (QED) is 0.772. The fourth-order valence-electron chi connectivity index (χ4n) is 2.24. The highest BCUT2D eigenvalue weighted by atomic mass is 32.1. The van der Waals surface area contributed by atoms with Crippen LogP contribution in [0.3, 0.4) is 0 Å². The first-order valence-corrected chi connectivity index (χ1v) is 7.59. The molecular formula is C17H11F2NO2S. The molecule has 0 fully saturated rings. The molecule has 3 rings (SSSR count). The Morgan fingerprint density at radius 3 is 2.30 bits per heavy atom. The van der Waals surface area contributed by atoms with Gasteiger partial charge in [0.25, 0.3) is 0 Å². The first-order valence-electron chi connectivity index (χ1n) is 6.77. The molecule has 1 heterocycles. The molecule has 0 amide bonds. The number of aromatic nitrogens is 1. The number of rotatable bonds is 4. The maximum absolute atomic E-state index is 13.9. The van der Waals surface area contributed by atoms with Crippen LogP contribution in [0.1, 0.15) is 20.9 Å². The predicted molar refractivity (Wildman–Crippen MR) is 83.7 cm³/mol. The normalized spacial score (nSPS) is 10.7. The highest BCUT2D eigenvalue weighted by Gasteiger charge is 2.22. The third-order valence-corrected chi connectivity index (χ3v) is 4.39. The van der Waals surface area contributed by atoms with Gasteiger partial charge in [-0.25, -0.2) is 18.6 Å². The first kappa shape index (κ1) is 15.3. The van der Waals surface area contributed by atoms with Gasteiger partial charge in [-0.1, -0.05) is 36.4 Å². The monoisotopic (exact) mass is 331 g/mol. The lowest BCUT2D eigenvalue weighted by Gasteiger charge is -2.00. The fourth-order valence-corrected chi connectivity index (χ4v) is 3.21. The summed E-state index contributed by atoms with van der Waals surface area (Å²) in [6.45, 7) is 0. The van der Waals surface area contributed by atoms with Crippen molar-refractivity contribution in [1.82, 2.24) is 4.98 Å². The SMILES string of the molecule is O=C(O)c1sc(-c2c(F)cccc2F)nc1Cc1ccccc1. The number of carboxylic acids is 1. The first-order chi connectivity index (χ1) is 11.1. The van der Waals surface area contributed by atoms with Crippen molar-refractivity contribution in [3.8, 4) is 10.6 Å². The van der Waals surface area contributed by atoms with E-state index >= 15 is 0 Å². The number of carboxylic acid groups (broad SMARTS) is 1. The zero-order chi connectivity index (χ0) is 16.4. The van der Waals surface area contributed by atoms with Crippen molar-refractivity contribution in [2.24, 2.45) is 0 Å². The van der Waals surface area contributed by atoms with E-state index in [2.05, 4.69) is 4.98 Å². The van der Waals surface area contributed by atoms with Crippen LogP contribution in [0.4, 0.5) is 8.78 Å². The summed E-state index contributed by atoms with van der Waals surface area (Å²) < 4.78 is 27.8. The van der Waals surface area contributed by atoms with Crippen LogP contribution in [0.2, 0.25) is 0 Å². The standard InChI is InChI=1S/C17H11F2NO2S/c18-11-7-4-8-12(19)14(11)16-20-13(15(23-16)17(21)22)9-10-5-2-1-3-6-10/h1-8H,9H2,(H,21,22). The summed E-state index contributed by atoms with van der Waals surface area (Å²) in [6, 6.07) is 12.7. The summed E-state index contributed by atoms with van der Waals surface area (Å²) in [7, 11) is 0. The number of aromatic carboxylic acids is 1. The molecule has 0 unspecified atom stereocenters. The fraction of sp³-hybridized carbons (Fsp3) is 0.0588. The summed E-state index contributed by atoms with van der Waals surface area (Å²) in [6.07, 6.45) is 0.287. The van der Waals surface area contributed by atoms with Gasteiger partial charge in [0.05, 0.1) is 11.3 Å². The van der Waals surface area contributed by atoms with Crippen LogP contribution in [-0.4, -0.2) is 16.1 Å². The second-order valence-electron chi connectivity index (χ2n) is 4.86. The number of nitrogens with zero attached hydrogens (tertiary/aromatic N) is 1. The Balaban J connectivity index is 2.08. The minimum Gasteiger partial charge on any atom is -0.477 e. The van der Waals surface area contributed by atoms with E-state index in [0.29, 0.717) is 5.69 Å². The molecule has 1 aromatic heterocycles. The molecule has 0 spiro atoms. The van der Waals surface area contributed by atoms with Gasteiger partial charge in [0, 0.05) is 6.42 Å². The summed E-state index contributed by atoms with van der Waals surface area (Å²) in [5, 5.41) is 9.36. The van der Waals surface area contributed by atoms with Crippen molar-refractivity contribution in [2.45, 2.75) is 6.42 Å². The van der Waals surface area contributed by atoms with Crippen molar-refractivity contribution in [2.75, 3.05) is 0 Å². The van der Waals surface area contributed by atoms with E-state index < -0.39 is 17.6 Å². The van der Waals surface area contributed by atoms with E-state index in [1.807, 2.05) is 30.3 Å². The van der Waals surface area contributed by atoms with Gasteiger partial charge in [0.2, 0.25) is 0 Å². The van der Waals surface area contributed by atoms with Gasteiger partial charge in [-0.15, -0.1) is 11.3 Å². The molecule has 0 aliphatic rings. The molecule has 0 aliphatic carbocycles. The molecule has 0 saturated heterocycles. The molecule has 2 aromatic carbocycles. The van der Waals surface area contributed by atoms with Gasteiger partial charge in [-0.05, 0) is 17.7 Å². The van der Waals surface area contributed by atoms with Crippen molar-refractivity contribution >= 4 is 17.3 Å². The lowest BCUT2D eigenvalue weighted by Crippen LogP contribution is -1.99. The molecule has 6 heteroatoms. The highest BCUT2D eigenvalue weighted by molar-refractivity contribution is 7.17. The summed E-state index contributed by atoms with van der Waals surface area (Å²) >= 11 is 0.778. The molecule has 1 N–H and O–H groups in total. The smallest absolute Gasteiger partial charge is 0.347 e. The lowest BCUT2D eigenvalue weighted by atomic mass is 10.1. The number of thiazole rings is 1. The van der Waals surface area contributed by atoms with E-state index in [-0.39, 0.29) is 21.9 Å². The second-order valence-corrected chi connectivity index (χ2v) is 5.86. The minimum absolute atomic E-state index is 0.00786. The molecule has 3 aromatic rings. The number of halogens is 2. The van der Waals surface area contributed by atoms with Crippen LogP contribution in [0.5, 0.6) is 0 Å². The summed E-state index contributed by atoms with van der Waals surface area (Å²) in [5.74, 6) is -2.68. The van der Waals surface area contributed by atoms with Crippen molar-refractivity contribution in [1.29, 1.82) is 0 Å². The van der Waals surface area contributed by atoms with E-state index in [1.54, 1.807) is 0 Å². The molecule has 0 radical (unpaired) electrons. The third kappa shape index (κ3) is 3.12. The van der Waals surface area contributed by atoms with Gasteiger partial charge >= 0.3 is 5.97 Å². The lowest BCUT2D eigenvalue weighted by molar-refractivity contribution is 0.0701. The van der Waals surface area contributed by atoms with Crippen LogP contribution in [-0.2, 0) is 6.42 Å². The van der Waals surface area contributed by atoms with Gasteiger partial charge in [0.15, 0.2) is 0 Å². The molecule has 3 nitrogen and oxygen atoms in total. The summed E-state index contributed by atoms with van der Waals surface area (Å²) in [4.78, 5) is 15.6. The predicted octanol–water partition coefficient (Wildman–Crippen LogP) is 4.38. The summed E-state index contributed by atoms with van der Waals surface area (Å²) in [5.41, 5.74) is 0.881. The van der Waals surface area contributed by atoms with E-state index in [0.717, 1.165) is 29.0 Å². The largest absolute Gasteiger partial charge is 0.477 e.